The van der Waals surface area contributed by atoms with Crippen LogP contribution in [0.2, 0.25) is 0 Å². The Balaban J connectivity index is 0.622. The van der Waals surface area contributed by atoms with Crippen molar-refractivity contribution >= 4 is 64.6 Å². The summed E-state index contributed by atoms with van der Waals surface area (Å²) < 4.78 is 66.1. The molecule has 0 radical (unpaired) electrons. The Kier molecular flexibility index (Phi) is 16.4. The highest BCUT2D eigenvalue weighted by atomic mass is 16.6. The van der Waals surface area contributed by atoms with Crippen molar-refractivity contribution in [2.24, 2.45) is 0 Å². The smallest absolute Gasteiger partial charge is 0.112 e. The Labute approximate surface area is 393 Å². The minimum Gasteiger partial charge on any atom is -0.377 e. The lowest BCUT2D eigenvalue weighted by Gasteiger charge is -2.30. The van der Waals surface area contributed by atoms with Crippen molar-refractivity contribution in [1.29, 1.82) is 0 Å². The second kappa shape index (κ2) is 23.1. The lowest BCUT2D eigenvalue weighted by molar-refractivity contribution is -0.141. The third kappa shape index (κ3) is 12.0. The summed E-state index contributed by atoms with van der Waals surface area (Å²) in [6.45, 7) is 12.5. The van der Waals surface area contributed by atoms with Crippen molar-refractivity contribution in [3.05, 3.63) is 120 Å². The molecule has 1 fully saturated rings. The SMILES string of the molecule is C[C@]1(COCCOCCOCc2ccc3ccc4cccc5ccc2c3c45)COCCOC[C@](C)(COCCOCCOCc2ccc3ccc4cccc5ccc2c3c45)OCCOCCO1. The molecule has 11 heteroatoms. The molecule has 0 spiro atoms. The molecule has 1 aliphatic rings. The number of benzene rings is 8. The molecule has 8 aromatic rings. The van der Waals surface area contributed by atoms with Crippen LogP contribution in [0.3, 0.4) is 0 Å². The molecule has 9 rings (SSSR count). The van der Waals surface area contributed by atoms with Gasteiger partial charge in [-0.3, -0.25) is 0 Å². The monoisotopic (exact) mass is 912 g/mol. The van der Waals surface area contributed by atoms with Crippen molar-refractivity contribution < 1.29 is 52.1 Å². The van der Waals surface area contributed by atoms with Gasteiger partial charge in [0.2, 0.25) is 0 Å². The van der Waals surface area contributed by atoms with E-state index in [1.165, 1.54) is 75.8 Å². The fourth-order valence-corrected chi connectivity index (χ4v) is 9.20. The predicted molar refractivity (Wildman–Crippen MR) is 264 cm³/mol. The zero-order valence-corrected chi connectivity index (χ0v) is 39.0. The van der Waals surface area contributed by atoms with Gasteiger partial charge in [0.25, 0.3) is 0 Å². The second-order valence-electron chi connectivity index (χ2n) is 17.9. The van der Waals surface area contributed by atoms with Crippen LogP contribution in [-0.4, -0.2) is 130 Å². The number of hydrogen-bond acceptors (Lipinski definition) is 11. The summed E-state index contributed by atoms with van der Waals surface area (Å²) in [7, 11) is 0. The molecule has 8 aromatic carbocycles. The summed E-state index contributed by atoms with van der Waals surface area (Å²) in [4.78, 5) is 0. The molecule has 0 saturated carbocycles. The normalized spacial score (nSPS) is 19.6. The lowest BCUT2D eigenvalue weighted by Crippen LogP contribution is -2.41. The van der Waals surface area contributed by atoms with Gasteiger partial charge in [-0.25, -0.2) is 0 Å². The first-order valence-electron chi connectivity index (χ1n) is 23.8. The highest BCUT2D eigenvalue weighted by Gasteiger charge is 2.28. The van der Waals surface area contributed by atoms with E-state index in [2.05, 4.69) is 109 Å². The van der Waals surface area contributed by atoms with Gasteiger partial charge in [0.15, 0.2) is 0 Å². The van der Waals surface area contributed by atoms with Crippen LogP contribution in [0.4, 0.5) is 0 Å². The number of ether oxygens (including phenoxy) is 11. The van der Waals surface area contributed by atoms with Gasteiger partial charge < -0.3 is 52.1 Å². The first-order valence-corrected chi connectivity index (χ1v) is 23.8. The molecule has 0 aromatic heterocycles. The van der Waals surface area contributed by atoms with Gasteiger partial charge >= 0.3 is 0 Å². The molecule has 2 atom stereocenters. The van der Waals surface area contributed by atoms with Crippen molar-refractivity contribution in [3.8, 4) is 0 Å². The maximum Gasteiger partial charge on any atom is 0.112 e. The number of rotatable bonds is 20. The summed E-state index contributed by atoms with van der Waals surface area (Å²) >= 11 is 0. The first kappa shape index (κ1) is 47.5. The zero-order chi connectivity index (χ0) is 45.7. The average Bonchev–Trinajstić information content (AvgIpc) is 3.35. The second-order valence-corrected chi connectivity index (χ2v) is 17.9. The van der Waals surface area contributed by atoms with E-state index in [0.717, 1.165) is 0 Å². The minimum absolute atomic E-state index is 0.343. The minimum atomic E-state index is -0.661. The third-order valence-electron chi connectivity index (χ3n) is 12.6. The summed E-state index contributed by atoms with van der Waals surface area (Å²) in [5.74, 6) is 0. The fourth-order valence-electron chi connectivity index (χ4n) is 9.20. The molecule has 0 unspecified atom stereocenters. The van der Waals surface area contributed by atoms with E-state index in [0.29, 0.717) is 132 Å². The molecule has 0 aliphatic carbocycles. The maximum absolute atomic E-state index is 6.22. The molecule has 0 N–H and O–H groups in total. The van der Waals surface area contributed by atoms with Crippen LogP contribution in [0, 0.1) is 0 Å². The van der Waals surface area contributed by atoms with Crippen molar-refractivity contribution in [2.45, 2.75) is 38.3 Å². The molecule has 1 aliphatic heterocycles. The molecule has 67 heavy (non-hydrogen) atoms. The van der Waals surface area contributed by atoms with Crippen molar-refractivity contribution in [1.82, 2.24) is 0 Å². The van der Waals surface area contributed by atoms with E-state index < -0.39 is 11.2 Å². The largest absolute Gasteiger partial charge is 0.377 e. The van der Waals surface area contributed by atoms with Crippen LogP contribution in [0.15, 0.2) is 109 Å². The fraction of sp³-hybridized carbons (Fsp3) is 0.429. The van der Waals surface area contributed by atoms with Crippen molar-refractivity contribution in [3.63, 3.8) is 0 Å². The molecule has 11 nitrogen and oxygen atoms in total. The topological polar surface area (TPSA) is 102 Å². The van der Waals surface area contributed by atoms with E-state index in [9.17, 15) is 0 Å². The van der Waals surface area contributed by atoms with Gasteiger partial charge in [-0.1, -0.05) is 109 Å². The van der Waals surface area contributed by atoms with Crippen LogP contribution >= 0.6 is 0 Å². The van der Waals surface area contributed by atoms with Gasteiger partial charge in [0.1, 0.15) is 11.2 Å². The Morgan fingerprint density at radius 1 is 0.358 bits per heavy atom. The number of hydrogen-bond donors (Lipinski definition) is 0. The molecular weight excluding hydrogens is 849 g/mol. The van der Waals surface area contributed by atoms with Crippen LogP contribution in [0.5, 0.6) is 0 Å². The maximum atomic E-state index is 6.22. The average molecular weight is 913 g/mol. The van der Waals surface area contributed by atoms with E-state index in [1.807, 2.05) is 13.8 Å². The van der Waals surface area contributed by atoms with Crippen LogP contribution in [-0.2, 0) is 65.3 Å². The van der Waals surface area contributed by atoms with Gasteiger partial charge in [-0.15, -0.1) is 0 Å². The predicted octanol–water partition coefficient (Wildman–Crippen LogP) is 9.90. The molecule has 1 heterocycles. The molecule has 0 amide bonds. The Morgan fingerprint density at radius 2 is 0.701 bits per heavy atom. The highest BCUT2D eigenvalue weighted by molar-refractivity contribution is 6.24. The third-order valence-corrected chi connectivity index (χ3v) is 12.6. The van der Waals surface area contributed by atoms with E-state index in [4.69, 9.17) is 52.1 Å². The zero-order valence-electron chi connectivity index (χ0n) is 39.0. The van der Waals surface area contributed by atoms with Crippen LogP contribution < -0.4 is 0 Å². The van der Waals surface area contributed by atoms with Gasteiger partial charge in [0.05, 0.1) is 132 Å². The molecule has 1 saturated heterocycles. The molecular formula is C56H64O11. The summed E-state index contributed by atoms with van der Waals surface area (Å²) in [5.41, 5.74) is 1.04. The summed E-state index contributed by atoms with van der Waals surface area (Å²) in [6.07, 6.45) is 0. The van der Waals surface area contributed by atoms with E-state index in [-0.39, 0.29) is 0 Å². The Bertz CT molecular complexity index is 2560. The van der Waals surface area contributed by atoms with Crippen LogP contribution in [0.25, 0.3) is 64.6 Å². The lowest BCUT2D eigenvalue weighted by atomic mass is 9.92. The Morgan fingerprint density at radius 3 is 1.13 bits per heavy atom. The highest BCUT2D eigenvalue weighted by Crippen LogP contribution is 2.37. The molecule has 354 valence electrons. The van der Waals surface area contributed by atoms with Gasteiger partial charge in [-0.05, 0) is 89.6 Å². The summed E-state index contributed by atoms with van der Waals surface area (Å²) in [6, 6.07) is 39.3. The summed E-state index contributed by atoms with van der Waals surface area (Å²) in [5, 5.41) is 15.3. The standard InChI is InChI=1S/C56H64O11/c1-55(37-62-27-23-57-21-25-60-35-47-15-13-45-11-9-41-5-3-7-43-17-19-49(47)53(45)51(41)43)39-64-29-30-65-40-56(2,67-34-32-59-31-33-66-55)38-63-28-24-58-22-26-61-36-48-16-14-46-12-10-42-6-4-8-44-18-20-50(48)54(46)52(42)44/h3-20H,21-40H2,1-2H3/t55-,56-/m0/s1. The van der Waals surface area contributed by atoms with Crippen LogP contribution in [0.1, 0.15) is 25.0 Å². The van der Waals surface area contributed by atoms with E-state index >= 15 is 0 Å². The first-order chi connectivity index (χ1) is 33.0. The Hall–Kier alpha value is -4.60. The quantitative estimate of drug-likeness (QED) is 0.0540. The molecule has 0 bridgehead atoms. The van der Waals surface area contributed by atoms with Crippen molar-refractivity contribution in [2.75, 3.05) is 119 Å². The van der Waals surface area contributed by atoms with E-state index in [1.54, 1.807) is 0 Å². The van der Waals surface area contributed by atoms with Gasteiger partial charge in [-0.2, -0.15) is 0 Å². The van der Waals surface area contributed by atoms with Gasteiger partial charge in [0, 0.05) is 0 Å².